The van der Waals surface area contributed by atoms with Gasteiger partial charge in [0.05, 0.1) is 6.61 Å². The van der Waals surface area contributed by atoms with Crippen molar-refractivity contribution in [3.8, 4) is 5.75 Å². The molecule has 1 saturated heterocycles. The molecule has 1 atom stereocenters. The Labute approximate surface area is 181 Å². The lowest BCUT2D eigenvalue weighted by atomic mass is 10.0. The van der Waals surface area contributed by atoms with Gasteiger partial charge >= 0.3 is 0 Å². The lowest BCUT2D eigenvalue weighted by molar-refractivity contribution is -0.137. The molecule has 2 aliphatic rings. The van der Waals surface area contributed by atoms with Crippen molar-refractivity contribution in [1.82, 2.24) is 15.5 Å². The third-order valence-electron chi connectivity index (χ3n) is 5.27. The van der Waals surface area contributed by atoms with Crippen LogP contribution in [0.1, 0.15) is 49.0 Å². The van der Waals surface area contributed by atoms with E-state index >= 15 is 0 Å². The molecule has 9 nitrogen and oxygen atoms in total. The number of nitrogens with zero attached hydrogens (tertiary/aromatic N) is 1. The van der Waals surface area contributed by atoms with E-state index in [4.69, 9.17) is 9.47 Å². The van der Waals surface area contributed by atoms with Crippen LogP contribution in [0.5, 0.6) is 5.75 Å². The maximum absolute atomic E-state index is 12.7. The zero-order valence-corrected chi connectivity index (χ0v) is 17.9. The quantitative estimate of drug-likeness (QED) is 0.422. The van der Waals surface area contributed by atoms with E-state index in [9.17, 15) is 19.2 Å². The number of nitrogens with one attached hydrogen (secondary N) is 2. The lowest BCUT2D eigenvalue weighted by Gasteiger charge is -2.29. The highest BCUT2D eigenvalue weighted by Crippen LogP contribution is 2.30. The molecule has 1 aromatic carbocycles. The van der Waals surface area contributed by atoms with Crippen LogP contribution in [-0.4, -0.2) is 60.9 Å². The van der Waals surface area contributed by atoms with Crippen molar-refractivity contribution in [3.63, 3.8) is 0 Å². The molecule has 0 bridgehead atoms. The fourth-order valence-corrected chi connectivity index (χ4v) is 3.52. The van der Waals surface area contributed by atoms with E-state index in [2.05, 4.69) is 24.5 Å². The SMILES string of the molecule is CC(C)CCOCCNC(=O)COc1ccc2c(c1)CN(C1CCC(=O)NC1=O)C2=O. The van der Waals surface area contributed by atoms with Crippen molar-refractivity contribution in [2.24, 2.45) is 5.92 Å². The number of hydrogen-bond donors (Lipinski definition) is 2. The topological polar surface area (TPSA) is 114 Å². The van der Waals surface area contributed by atoms with Gasteiger partial charge in [0.1, 0.15) is 11.8 Å². The van der Waals surface area contributed by atoms with Crippen molar-refractivity contribution in [2.75, 3.05) is 26.4 Å². The summed E-state index contributed by atoms with van der Waals surface area (Å²) in [4.78, 5) is 49.5. The molecule has 1 unspecified atom stereocenters. The Morgan fingerprint density at radius 3 is 2.81 bits per heavy atom. The number of imide groups is 1. The van der Waals surface area contributed by atoms with Gasteiger partial charge in [-0.3, -0.25) is 24.5 Å². The van der Waals surface area contributed by atoms with E-state index in [0.29, 0.717) is 43.4 Å². The maximum Gasteiger partial charge on any atom is 0.258 e. The second kappa shape index (κ2) is 10.4. The van der Waals surface area contributed by atoms with Crippen LogP contribution in [0.3, 0.4) is 0 Å². The van der Waals surface area contributed by atoms with Gasteiger partial charge in [-0.1, -0.05) is 13.8 Å². The van der Waals surface area contributed by atoms with Crippen molar-refractivity contribution in [3.05, 3.63) is 29.3 Å². The number of hydrogen-bond acceptors (Lipinski definition) is 6. The molecule has 1 fully saturated rings. The monoisotopic (exact) mass is 431 g/mol. The maximum atomic E-state index is 12.7. The van der Waals surface area contributed by atoms with E-state index < -0.39 is 11.9 Å². The van der Waals surface area contributed by atoms with Crippen LogP contribution < -0.4 is 15.4 Å². The zero-order chi connectivity index (χ0) is 22.4. The first kappa shape index (κ1) is 22.7. The average molecular weight is 431 g/mol. The number of piperidine rings is 1. The Kier molecular flexibility index (Phi) is 7.62. The highest BCUT2D eigenvalue weighted by atomic mass is 16.5. The van der Waals surface area contributed by atoms with Gasteiger partial charge in [0.25, 0.3) is 11.8 Å². The van der Waals surface area contributed by atoms with Crippen molar-refractivity contribution >= 4 is 23.6 Å². The Hall–Kier alpha value is -2.94. The Morgan fingerprint density at radius 1 is 1.26 bits per heavy atom. The van der Waals surface area contributed by atoms with Gasteiger partial charge in [-0.2, -0.15) is 0 Å². The van der Waals surface area contributed by atoms with Gasteiger partial charge in [0, 0.05) is 31.7 Å². The number of amides is 4. The summed E-state index contributed by atoms with van der Waals surface area (Å²) >= 11 is 0. The van der Waals surface area contributed by atoms with Crippen molar-refractivity contribution < 1.29 is 28.7 Å². The van der Waals surface area contributed by atoms with Gasteiger partial charge in [0.15, 0.2) is 6.61 Å². The Morgan fingerprint density at radius 2 is 2.06 bits per heavy atom. The molecule has 9 heteroatoms. The summed E-state index contributed by atoms with van der Waals surface area (Å²) in [5, 5.41) is 5.02. The molecule has 0 radical (unpaired) electrons. The summed E-state index contributed by atoms with van der Waals surface area (Å²) in [6.07, 6.45) is 1.51. The molecule has 0 aromatic heterocycles. The summed E-state index contributed by atoms with van der Waals surface area (Å²) in [5.41, 5.74) is 1.23. The number of rotatable bonds is 10. The molecule has 1 aromatic rings. The van der Waals surface area contributed by atoms with Crippen LogP contribution in [0.25, 0.3) is 0 Å². The molecule has 2 N–H and O–H groups in total. The fourth-order valence-electron chi connectivity index (χ4n) is 3.52. The number of carbonyl (C=O) groups excluding carboxylic acids is 4. The number of fused-ring (bicyclic) bond motifs is 1. The molecule has 0 spiro atoms. The molecule has 168 valence electrons. The van der Waals surface area contributed by atoms with Gasteiger partial charge in [-0.25, -0.2) is 0 Å². The van der Waals surface area contributed by atoms with Gasteiger partial charge in [0.2, 0.25) is 11.8 Å². The number of ether oxygens (including phenoxy) is 2. The Balaban J connectivity index is 1.45. The van der Waals surface area contributed by atoms with Crippen LogP contribution in [-0.2, 0) is 25.7 Å². The smallest absolute Gasteiger partial charge is 0.258 e. The predicted octanol–water partition coefficient (Wildman–Crippen LogP) is 1.01. The van der Waals surface area contributed by atoms with E-state index in [-0.39, 0.29) is 37.3 Å². The average Bonchev–Trinajstić information content (AvgIpc) is 3.04. The summed E-state index contributed by atoms with van der Waals surface area (Å²) < 4.78 is 11.0. The fraction of sp³-hybridized carbons (Fsp3) is 0.545. The minimum absolute atomic E-state index is 0.143. The minimum atomic E-state index is -0.657. The van der Waals surface area contributed by atoms with E-state index in [1.54, 1.807) is 18.2 Å². The number of benzene rings is 1. The highest BCUT2D eigenvalue weighted by Gasteiger charge is 2.39. The lowest BCUT2D eigenvalue weighted by Crippen LogP contribution is -2.52. The predicted molar refractivity (Wildman–Crippen MR) is 111 cm³/mol. The van der Waals surface area contributed by atoms with Crippen molar-refractivity contribution in [1.29, 1.82) is 0 Å². The standard InChI is InChI=1S/C22H29N3O6/c1-14(2)7-9-30-10-8-23-20(27)13-31-16-3-4-17-15(11-16)12-25(22(17)29)18-5-6-19(26)24-21(18)28/h3-4,11,14,18H,5-10,12-13H2,1-2H3,(H,23,27)(H,24,26,28). The molecule has 3 rings (SSSR count). The van der Waals surface area contributed by atoms with Gasteiger partial charge < -0.3 is 19.7 Å². The highest BCUT2D eigenvalue weighted by molar-refractivity contribution is 6.05. The summed E-state index contributed by atoms with van der Waals surface area (Å²) in [6.45, 7) is 5.92. The Bertz CT molecular complexity index is 854. The van der Waals surface area contributed by atoms with Crippen LogP contribution in [0.4, 0.5) is 0 Å². The molecule has 31 heavy (non-hydrogen) atoms. The van der Waals surface area contributed by atoms with Crippen LogP contribution >= 0.6 is 0 Å². The second-order valence-electron chi connectivity index (χ2n) is 8.15. The molecule has 0 saturated carbocycles. The van der Waals surface area contributed by atoms with Gasteiger partial charge in [-0.05, 0) is 42.5 Å². The first-order chi connectivity index (χ1) is 14.8. The summed E-state index contributed by atoms with van der Waals surface area (Å²) in [6, 6.07) is 4.32. The second-order valence-corrected chi connectivity index (χ2v) is 8.15. The van der Waals surface area contributed by atoms with E-state index in [0.717, 1.165) is 12.0 Å². The summed E-state index contributed by atoms with van der Waals surface area (Å²) in [7, 11) is 0. The van der Waals surface area contributed by atoms with Crippen LogP contribution in [0, 0.1) is 5.92 Å². The van der Waals surface area contributed by atoms with E-state index in [1.165, 1.54) is 4.90 Å². The van der Waals surface area contributed by atoms with Crippen LogP contribution in [0.15, 0.2) is 18.2 Å². The summed E-state index contributed by atoms with van der Waals surface area (Å²) in [5.74, 6) is -0.206. The molecule has 0 aliphatic carbocycles. The first-order valence-electron chi connectivity index (χ1n) is 10.6. The van der Waals surface area contributed by atoms with Gasteiger partial charge in [-0.15, -0.1) is 0 Å². The molecular weight excluding hydrogens is 402 g/mol. The van der Waals surface area contributed by atoms with Crippen molar-refractivity contribution in [2.45, 2.75) is 45.7 Å². The third-order valence-corrected chi connectivity index (χ3v) is 5.27. The molecule has 4 amide bonds. The molecule has 2 aliphatic heterocycles. The zero-order valence-electron chi connectivity index (χ0n) is 17.9. The molecular formula is C22H29N3O6. The minimum Gasteiger partial charge on any atom is -0.484 e. The van der Waals surface area contributed by atoms with E-state index in [1.807, 2.05) is 0 Å². The number of carbonyl (C=O) groups is 4. The largest absolute Gasteiger partial charge is 0.484 e. The van der Waals surface area contributed by atoms with Crippen LogP contribution in [0.2, 0.25) is 0 Å². The normalized spacial score (nSPS) is 18.2. The molecule has 2 heterocycles. The third kappa shape index (κ3) is 6.04. The first-order valence-corrected chi connectivity index (χ1v) is 10.6.